The van der Waals surface area contributed by atoms with E-state index in [1.54, 1.807) is 13.2 Å². The van der Waals surface area contributed by atoms with E-state index in [1.165, 1.54) is 24.3 Å². The number of halogens is 2. The van der Waals surface area contributed by atoms with E-state index in [-0.39, 0.29) is 16.5 Å². The Morgan fingerprint density at radius 1 is 1.26 bits per heavy atom. The number of ether oxygens (including phenoxy) is 1. The van der Waals surface area contributed by atoms with Crippen molar-refractivity contribution in [3.63, 3.8) is 0 Å². The quantitative estimate of drug-likeness (QED) is 0.815. The molecule has 23 heavy (non-hydrogen) atoms. The molecule has 0 aliphatic rings. The van der Waals surface area contributed by atoms with Crippen LogP contribution in [0.4, 0.5) is 4.39 Å². The van der Waals surface area contributed by atoms with E-state index in [0.717, 1.165) is 11.3 Å². The Bertz CT molecular complexity index is 678. The van der Waals surface area contributed by atoms with Crippen molar-refractivity contribution in [2.75, 3.05) is 13.7 Å². The second-order valence-electron chi connectivity index (χ2n) is 4.86. The van der Waals surface area contributed by atoms with Crippen molar-refractivity contribution in [1.82, 2.24) is 5.32 Å². The van der Waals surface area contributed by atoms with E-state index >= 15 is 0 Å². The molecule has 1 N–H and O–H groups in total. The molecule has 0 radical (unpaired) electrons. The molecule has 2 aromatic rings. The van der Waals surface area contributed by atoms with E-state index in [1.807, 2.05) is 24.3 Å². The number of amides is 1. The largest absolute Gasteiger partial charge is 0.497 e. The first-order valence-corrected chi connectivity index (χ1v) is 7.51. The van der Waals surface area contributed by atoms with Crippen molar-refractivity contribution in [3.05, 3.63) is 70.5 Å². The summed E-state index contributed by atoms with van der Waals surface area (Å²) in [7, 11) is 1.61. The summed E-state index contributed by atoms with van der Waals surface area (Å²) in [6.45, 7) is 0.487. The van der Waals surface area contributed by atoms with Gasteiger partial charge in [-0.15, -0.1) is 0 Å². The van der Waals surface area contributed by atoms with Crippen LogP contribution in [0.3, 0.4) is 0 Å². The molecule has 3 nitrogen and oxygen atoms in total. The van der Waals surface area contributed by atoms with Crippen LogP contribution in [0.1, 0.15) is 11.1 Å². The van der Waals surface area contributed by atoms with Crippen LogP contribution in [-0.4, -0.2) is 19.6 Å². The maximum Gasteiger partial charge on any atom is 0.244 e. The summed E-state index contributed by atoms with van der Waals surface area (Å²) in [6.07, 6.45) is 3.35. The van der Waals surface area contributed by atoms with Crippen molar-refractivity contribution in [1.29, 1.82) is 0 Å². The Labute approximate surface area is 139 Å². The van der Waals surface area contributed by atoms with Gasteiger partial charge in [-0.05, 0) is 42.3 Å². The SMILES string of the molecule is COc1ccc(CCNC(=O)C=Cc2c(F)cccc2Cl)cc1. The maximum atomic E-state index is 13.6. The van der Waals surface area contributed by atoms with Gasteiger partial charge in [0.15, 0.2) is 0 Å². The predicted molar refractivity (Wildman–Crippen MR) is 90.2 cm³/mol. The van der Waals surface area contributed by atoms with Gasteiger partial charge < -0.3 is 10.1 Å². The Balaban J connectivity index is 1.84. The molecule has 0 saturated carbocycles. The smallest absolute Gasteiger partial charge is 0.244 e. The van der Waals surface area contributed by atoms with Crippen LogP contribution < -0.4 is 10.1 Å². The van der Waals surface area contributed by atoms with Gasteiger partial charge in [-0.3, -0.25) is 4.79 Å². The molecular weight excluding hydrogens is 317 g/mol. The molecule has 0 aliphatic heterocycles. The second kappa shape index (κ2) is 8.34. The first-order chi connectivity index (χ1) is 11.1. The number of nitrogens with one attached hydrogen (secondary N) is 1. The summed E-state index contributed by atoms with van der Waals surface area (Å²) in [4.78, 5) is 11.7. The van der Waals surface area contributed by atoms with Crippen molar-refractivity contribution >= 4 is 23.6 Å². The minimum Gasteiger partial charge on any atom is -0.497 e. The summed E-state index contributed by atoms with van der Waals surface area (Å²) in [5.74, 6) is 0.0418. The van der Waals surface area contributed by atoms with Crippen LogP contribution in [0.5, 0.6) is 5.75 Å². The molecule has 0 fully saturated rings. The number of carbonyl (C=O) groups is 1. The maximum absolute atomic E-state index is 13.6. The second-order valence-corrected chi connectivity index (χ2v) is 5.26. The molecule has 5 heteroatoms. The van der Waals surface area contributed by atoms with Crippen molar-refractivity contribution < 1.29 is 13.9 Å². The van der Waals surface area contributed by atoms with Crippen LogP contribution >= 0.6 is 11.6 Å². The fourth-order valence-corrected chi connectivity index (χ4v) is 2.24. The average Bonchev–Trinajstić information content (AvgIpc) is 2.55. The number of hydrogen-bond donors (Lipinski definition) is 1. The third-order valence-electron chi connectivity index (χ3n) is 3.27. The molecule has 0 aromatic heterocycles. The number of benzene rings is 2. The normalized spacial score (nSPS) is 10.7. The van der Waals surface area contributed by atoms with Gasteiger partial charge in [-0.1, -0.05) is 29.8 Å². The molecule has 0 bridgehead atoms. The summed E-state index contributed by atoms with van der Waals surface area (Å²) >= 11 is 5.89. The summed E-state index contributed by atoms with van der Waals surface area (Å²) in [5, 5.41) is 3.02. The zero-order chi connectivity index (χ0) is 16.7. The number of hydrogen-bond acceptors (Lipinski definition) is 2. The van der Waals surface area contributed by atoms with Gasteiger partial charge in [0.25, 0.3) is 0 Å². The van der Waals surface area contributed by atoms with Gasteiger partial charge in [0.05, 0.1) is 12.1 Å². The standard InChI is InChI=1S/C18H17ClFNO2/c1-23-14-7-5-13(6-8-14)11-12-21-18(22)10-9-15-16(19)3-2-4-17(15)20/h2-10H,11-12H2,1H3,(H,21,22). The highest BCUT2D eigenvalue weighted by molar-refractivity contribution is 6.32. The highest BCUT2D eigenvalue weighted by Gasteiger charge is 2.04. The molecule has 0 aliphatic carbocycles. The lowest BCUT2D eigenvalue weighted by Gasteiger charge is -2.04. The minimum atomic E-state index is -0.459. The molecule has 120 valence electrons. The van der Waals surface area contributed by atoms with Crippen LogP contribution in [0.25, 0.3) is 6.08 Å². The van der Waals surface area contributed by atoms with Crippen molar-refractivity contribution in [3.8, 4) is 5.75 Å². The highest BCUT2D eigenvalue weighted by atomic mass is 35.5. The summed E-state index contributed by atoms with van der Waals surface area (Å²) < 4.78 is 18.6. The van der Waals surface area contributed by atoms with Crippen LogP contribution in [0.2, 0.25) is 5.02 Å². The van der Waals surface area contributed by atoms with E-state index < -0.39 is 5.82 Å². The van der Waals surface area contributed by atoms with Gasteiger partial charge in [0, 0.05) is 18.2 Å². The number of rotatable bonds is 6. The van der Waals surface area contributed by atoms with E-state index in [2.05, 4.69) is 5.32 Å². The first kappa shape index (κ1) is 17.0. The molecule has 0 atom stereocenters. The highest BCUT2D eigenvalue weighted by Crippen LogP contribution is 2.20. The fraction of sp³-hybridized carbons (Fsp3) is 0.167. The van der Waals surface area contributed by atoms with Crippen molar-refractivity contribution in [2.45, 2.75) is 6.42 Å². The average molecular weight is 334 g/mol. The van der Waals surface area contributed by atoms with Gasteiger partial charge in [-0.25, -0.2) is 4.39 Å². The molecule has 0 heterocycles. The van der Waals surface area contributed by atoms with Crippen molar-refractivity contribution in [2.24, 2.45) is 0 Å². The van der Waals surface area contributed by atoms with Crippen LogP contribution in [-0.2, 0) is 11.2 Å². The zero-order valence-corrected chi connectivity index (χ0v) is 13.4. The molecule has 0 unspecified atom stereocenters. The van der Waals surface area contributed by atoms with Crippen LogP contribution in [0.15, 0.2) is 48.5 Å². The molecular formula is C18H17ClFNO2. The van der Waals surface area contributed by atoms with Gasteiger partial charge in [0.1, 0.15) is 11.6 Å². The lowest BCUT2D eigenvalue weighted by molar-refractivity contribution is -0.116. The van der Waals surface area contributed by atoms with E-state index in [0.29, 0.717) is 13.0 Å². The zero-order valence-electron chi connectivity index (χ0n) is 12.7. The van der Waals surface area contributed by atoms with E-state index in [9.17, 15) is 9.18 Å². The Kier molecular flexibility index (Phi) is 6.18. The summed E-state index contributed by atoms with van der Waals surface area (Å²) in [5.41, 5.74) is 1.30. The Hall–Kier alpha value is -2.33. The lowest BCUT2D eigenvalue weighted by Crippen LogP contribution is -2.23. The van der Waals surface area contributed by atoms with Gasteiger partial charge in [0.2, 0.25) is 5.91 Å². The Morgan fingerprint density at radius 3 is 2.65 bits per heavy atom. The monoisotopic (exact) mass is 333 g/mol. The Morgan fingerprint density at radius 2 is 2.00 bits per heavy atom. The third kappa shape index (κ3) is 5.11. The van der Waals surface area contributed by atoms with Gasteiger partial charge >= 0.3 is 0 Å². The fourth-order valence-electron chi connectivity index (χ4n) is 2.01. The summed E-state index contributed by atoms with van der Waals surface area (Å²) in [6, 6.07) is 12.0. The number of methoxy groups -OCH3 is 1. The number of carbonyl (C=O) groups excluding carboxylic acids is 1. The molecule has 0 spiro atoms. The van der Waals surface area contributed by atoms with Crippen LogP contribution in [0, 0.1) is 5.82 Å². The first-order valence-electron chi connectivity index (χ1n) is 7.13. The molecule has 1 amide bonds. The topological polar surface area (TPSA) is 38.3 Å². The molecule has 2 rings (SSSR count). The molecule has 2 aromatic carbocycles. The predicted octanol–water partition coefficient (Wildman–Crippen LogP) is 3.86. The minimum absolute atomic E-state index is 0.208. The lowest BCUT2D eigenvalue weighted by atomic mass is 10.1. The third-order valence-corrected chi connectivity index (χ3v) is 3.60. The molecule has 0 saturated heterocycles. The van der Waals surface area contributed by atoms with E-state index in [4.69, 9.17) is 16.3 Å². The van der Waals surface area contributed by atoms with Gasteiger partial charge in [-0.2, -0.15) is 0 Å².